The molecule has 6 N–H and O–H groups in total. The van der Waals surface area contributed by atoms with E-state index in [-0.39, 0.29) is 23.0 Å². The number of methoxy groups -OCH3 is 2. The van der Waals surface area contributed by atoms with Crippen LogP contribution in [0.1, 0.15) is 22.7 Å². The third-order valence-corrected chi connectivity index (χ3v) is 4.92. The van der Waals surface area contributed by atoms with Gasteiger partial charge < -0.3 is 26.3 Å². The number of nitrogens with one attached hydrogen (secondary N) is 2. The predicted molar refractivity (Wildman–Crippen MR) is 107 cm³/mol. The Morgan fingerprint density at radius 3 is 2.39 bits per heavy atom. The van der Waals surface area contributed by atoms with Gasteiger partial charge in [0.15, 0.2) is 6.19 Å². The molecule has 1 unspecified atom stereocenters. The molecule has 0 saturated carbocycles. The number of pyridine rings is 1. The van der Waals surface area contributed by atoms with Crippen LogP contribution in [-0.4, -0.2) is 25.2 Å². The molecule has 11 heteroatoms. The highest BCUT2D eigenvalue weighted by Gasteiger charge is 2.30. The van der Waals surface area contributed by atoms with Crippen molar-refractivity contribution < 1.29 is 9.47 Å². The van der Waals surface area contributed by atoms with Crippen LogP contribution in [0.2, 0.25) is 0 Å². The van der Waals surface area contributed by atoms with Gasteiger partial charge in [-0.1, -0.05) is 0 Å². The van der Waals surface area contributed by atoms with Crippen LogP contribution < -0.4 is 31.6 Å². The van der Waals surface area contributed by atoms with E-state index in [2.05, 4.69) is 36.5 Å². The first-order valence-corrected chi connectivity index (χ1v) is 8.64. The minimum atomic E-state index is -0.691. The second-order valence-corrected chi connectivity index (χ2v) is 6.43. The molecule has 1 atom stereocenters. The van der Waals surface area contributed by atoms with E-state index in [1.807, 2.05) is 6.07 Å². The predicted octanol–water partition coefficient (Wildman–Crippen LogP) is 1.84. The highest BCUT2D eigenvalue weighted by atomic mass is 79.9. The number of hydrogen-bond acceptors (Lipinski definition) is 10. The lowest BCUT2D eigenvalue weighted by Gasteiger charge is -2.26. The van der Waals surface area contributed by atoms with Gasteiger partial charge in [-0.05, 0) is 33.6 Å². The van der Waals surface area contributed by atoms with Crippen LogP contribution >= 0.6 is 15.9 Å². The smallest absolute Gasteiger partial charge is 0.211 e. The average molecular weight is 443 g/mol. The monoisotopic (exact) mass is 442 g/mol. The normalized spacial score (nSPS) is 14.6. The van der Waals surface area contributed by atoms with Gasteiger partial charge in [-0.3, -0.25) is 5.32 Å². The molecule has 1 aliphatic rings. The molecular formula is C17H15BrN8O2. The number of halogens is 1. The largest absolute Gasteiger partial charge is 0.495 e. The summed E-state index contributed by atoms with van der Waals surface area (Å²) in [5, 5.41) is 23.7. The first-order valence-electron chi connectivity index (χ1n) is 7.85. The van der Waals surface area contributed by atoms with Crippen LogP contribution in [-0.2, 0) is 0 Å². The molecule has 1 aromatic carbocycles. The lowest BCUT2D eigenvalue weighted by Crippen LogP contribution is -2.32. The zero-order valence-electron chi connectivity index (χ0n) is 14.9. The molecule has 1 aromatic heterocycles. The maximum atomic E-state index is 9.39. The minimum absolute atomic E-state index is 0.0193. The van der Waals surface area contributed by atoms with Crippen LogP contribution in [0.15, 0.2) is 21.6 Å². The van der Waals surface area contributed by atoms with Crippen LogP contribution in [0.25, 0.3) is 0 Å². The van der Waals surface area contributed by atoms with Gasteiger partial charge in [0.05, 0.1) is 19.9 Å². The number of aliphatic imine (C=N–C) groups is 1. The van der Waals surface area contributed by atoms with Crippen molar-refractivity contribution in [1.29, 1.82) is 10.5 Å². The summed E-state index contributed by atoms with van der Waals surface area (Å²) in [6, 6.07) is 4.77. The number of rotatable bonds is 3. The van der Waals surface area contributed by atoms with Gasteiger partial charge in [0.2, 0.25) is 5.96 Å². The fourth-order valence-electron chi connectivity index (χ4n) is 2.87. The molecule has 142 valence electrons. The quantitative estimate of drug-likeness (QED) is 0.409. The van der Waals surface area contributed by atoms with Crippen LogP contribution in [0.3, 0.4) is 0 Å². The summed E-state index contributed by atoms with van der Waals surface area (Å²) in [6.07, 6.45) is 1.80. The van der Waals surface area contributed by atoms with Crippen molar-refractivity contribution in [3.8, 4) is 23.8 Å². The van der Waals surface area contributed by atoms with E-state index in [1.165, 1.54) is 14.2 Å². The van der Waals surface area contributed by atoms with E-state index in [1.54, 1.807) is 18.3 Å². The van der Waals surface area contributed by atoms with Crippen molar-refractivity contribution in [2.24, 2.45) is 4.99 Å². The second-order valence-electron chi connectivity index (χ2n) is 5.64. The van der Waals surface area contributed by atoms with Crippen molar-refractivity contribution >= 4 is 39.2 Å². The zero-order valence-corrected chi connectivity index (χ0v) is 16.5. The highest BCUT2D eigenvalue weighted by molar-refractivity contribution is 9.10. The van der Waals surface area contributed by atoms with Gasteiger partial charge in [-0.25, -0.2) is 9.98 Å². The number of nitrogens with zero attached hydrogens (tertiary/aromatic N) is 4. The molecule has 0 bridgehead atoms. The molecule has 3 rings (SSSR count). The Bertz CT molecular complexity index is 1050. The average Bonchev–Trinajstić information content (AvgIpc) is 2.68. The van der Waals surface area contributed by atoms with Gasteiger partial charge in [0.25, 0.3) is 0 Å². The molecule has 2 aromatic rings. The lowest BCUT2D eigenvalue weighted by molar-refractivity contribution is 0.388. The number of anilines is 3. The fourth-order valence-corrected chi connectivity index (χ4v) is 3.42. The standard InChI is InChI=1S/C17H15BrN8O2/c1-27-9-3-7(4-10(28-2)12(9)18)14-11-13(21)8(5-19)15(22)25-16(11)26-17(24-14)23-6-20/h3-4,14H,1-2H3,(H6,21,22,23,24,25,26). The number of hydrogen-bond donors (Lipinski definition) is 4. The van der Waals surface area contributed by atoms with Crippen molar-refractivity contribution in [2.75, 3.05) is 31.0 Å². The molecule has 0 spiro atoms. The van der Waals surface area contributed by atoms with Gasteiger partial charge in [-0.15, -0.1) is 0 Å². The van der Waals surface area contributed by atoms with Crippen molar-refractivity contribution in [1.82, 2.24) is 10.3 Å². The fraction of sp³-hybridized carbons (Fsp3) is 0.176. The van der Waals surface area contributed by atoms with Crippen molar-refractivity contribution in [3.05, 3.63) is 33.3 Å². The molecule has 0 aliphatic carbocycles. The summed E-state index contributed by atoms with van der Waals surface area (Å²) in [7, 11) is 3.05. The first kappa shape index (κ1) is 19.1. The van der Waals surface area contributed by atoms with Crippen molar-refractivity contribution in [2.45, 2.75) is 6.04 Å². The molecule has 0 saturated heterocycles. The zero-order chi connectivity index (χ0) is 20.4. The van der Waals surface area contributed by atoms with E-state index in [4.69, 9.17) is 26.2 Å². The van der Waals surface area contributed by atoms with Gasteiger partial charge in [0, 0.05) is 5.56 Å². The van der Waals surface area contributed by atoms with Gasteiger partial charge >= 0.3 is 0 Å². The molecule has 10 nitrogen and oxygen atoms in total. The van der Waals surface area contributed by atoms with Gasteiger partial charge in [0.1, 0.15) is 45.3 Å². The number of nitriles is 2. The summed E-state index contributed by atoms with van der Waals surface area (Å²) >= 11 is 3.42. The number of fused-ring (bicyclic) bond motifs is 1. The van der Waals surface area contributed by atoms with E-state index in [0.717, 1.165) is 0 Å². The molecule has 0 radical (unpaired) electrons. The van der Waals surface area contributed by atoms with E-state index >= 15 is 0 Å². The summed E-state index contributed by atoms with van der Waals surface area (Å²) in [5.74, 6) is 1.47. The Kier molecular flexibility index (Phi) is 5.11. The molecule has 2 heterocycles. The third-order valence-electron chi connectivity index (χ3n) is 4.14. The van der Waals surface area contributed by atoms with E-state index in [9.17, 15) is 5.26 Å². The Labute approximate surface area is 168 Å². The van der Waals surface area contributed by atoms with Crippen LogP contribution in [0.5, 0.6) is 11.5 Å². The van der Waals surface area contributed by atoms with Crippen molar-refractivity contribution in [3.63, 3.8) is 0 Å². The molecule has 28 heavy (non-hydrogen) atoms. The topological polar surface area (TPSA) is 167 Å². The molecule has 0 fully saturated rings. The number of aromatic nitrogens is 1. The summed E-state index contributed by atoms with van der Waals surface area (Å²) < 4.78 is 11.4. The third kappa shape index (κ3) is 3.08. The molecule has 1 aliphatic heterocycles. The number of nitrogens with two attached hydrogens (primary N) is 2. The Morgan fingerprint density at radius 2 is 1.86 bits per heavy atom. The summed E-state index contributed by atoms with van der Waals surface area (Å²) in [5.41, 5.74) is 13.4. The molecule has 0 amide bonds. The highest BCUT2D eigenvalue weighted by Crippen LogP contribution is 2.44. The summed E-state index contributed by atoms with van der Waals surface area (Å²) in [4.78, 5) is 8.72. The van der Waals surface area contributed by atoms with Gasteiger partial charge in [-0.2, -0.15) is 10.5 Å². The van der Waals surface area contributed by atoms with E-state index in [0.29, 0.717) is 32.9 Å². The Balaban J connectivity index is 2.29. The second kappa shape index (κ2) is 7.50. The Morgan fingerprint density at radius 1 is 1.21 bits per heavy atom. The maximum absolute atomic E-state index is 9.39. The van der Waals surface area contributed by atoms with Crippen LogP contribution in [0, 0.1) is 22.8 Å². The Hall–Kier alpha value is -3.70. The minimum Gasteiger partial charge on any atom is -0.495 e. The molecular weight excluding hydrogens is 428 g/mol. The summed E-state index contributed by atoms with van der Waals surface area (Å²) in [6.45, 7) is 0. The number of benzene rings is 1. The van der Waals surface area contributed by atoms with Crippen LogP contribution in [0.4, 0.5) is 17.3 Å². The number of guanidine groups is 1. The maximum Gasteiger partial charge on any atom is 0.211 e. The first-order chi connectivity index (χ1) is 13.4. The SMILES string of the molecule is COc1cc(C2N=C(NC#N)Nc3nc(N)c(C#N)c(N)c32)cc(OC)c1Br. The number of ether oxygens (including phenoxy) is 2. The number of nitrogen functional groups attached to an aromatic ring is 2. The lowest BCUT2D eigenvalue weighted by atomic mass is 9.95. The van der Waals surface area contributed by atoms with E-state index < -0.39 is 6.04 Å².